The number of rotatable bonds is 3. The molecule has 1 aromatic carbocycles. The Morgan fingerprint density at radius 1 is 1.33 bits per heavy atom. The van der Waals surface area contributed by atoms with Crippen LogP contribution in [-0.4, -0.2) is 20.2 Å². The summed E-state index contributed by atoms with van der Waals surface area (Å²) in [6.07, 6.45) is 0. The van der Waals surface area contributed by atoms with Gasteiger partial charge in [-0.05, 0) is 24.3 Å². The van der Waals surface area contributed by atoms with Gasteiger partial charge in [-0.25, -0.2) is 13.6 Å². The van der Waals surface area contributed by atoms with E-state index < -0.39 is 10.0 Å². The van der Waals surface area contributed by atoms with Crippen molar-refractivity contribution in [3.8, 4) is 0 Å². The molecule has 7 heteroatoms. The van der Waals surface area contributed by atoms with Crippen molar-refractivity contribution >= 4 is 33.2 Å². The lowest BCUT2D eigenvalue weighted by Crippen LogP contribution is -2.14. The lowest BCUT2D eigenvalue weighted by molar-refractivity contribution is -0.113. The molecule has 15 heavy (non-hydrogen) atoms. The number of hydrogen-bond acceptors (Lipinski definition) is 3. The minimum absolute atomic E-state index is 0.00799. The Balaban J connectivity index is 2.86. The van der Waals surface area contributed by atoms with E-state index in [1.165, 1.54) is 24.3 Å². The number of nitrogens with two attached hydrogens (primary N) is 1. The highest BCUT2D eigenvalue weighted by Gasteiger charge is 2.07. The van der Waals surface area contributed by atoms with Crippen LogP contribution in [0.25, 0.3) is 0 Å². The fourth-order valence-electron chi connectivity index (χ4n) is 0.922. The third-order valence-electron chi connectivity index (χ3n) is 1.59. The van der Waals surface area contributed by atoms with Gasteiger partial charge in [-0.1, -0.05) is 0 Å². The zero-order chi connectivity index (χ0) is 11.5. The third kappa shape index (κ3) is 3.50. The second kappa shape index (κ2) is 4.61. The Bertz CT molecular complexity index is 455. The van der Waals surface area contributed by atoms with Gasteiger partial charge in [0, 0.05) is 5.69 Å². The van der Waals surface area contributed by atoms with Crippen molar-refractivity contribution in [2.75, 3.05) is 11.2 Å². The molecule has 5 nitrogen and oxygen atoms in total. The maximum absolute atomic E-state index is 10.9. The summed E-state index contributed by atoms with van der Waals surface area (Å²) in [6.45, 7) is 0. The van der Waals surface area contributed by atoms with Crippen molar-refractivity contribution in [3.63, 3.8) is 0 Å². The molecule has 0 heterocycles. The zero-order valence-corrected chi connectivity index (χ0v) is 9.18. The van der Waals surface area contributed by atoms with Gasteiger partial charge in [0.2, 0.25) is 15.9 Å². The van der Waals surface area contributed by atoms with E-state index in [4.69, 9.17) is 16.7 Å². The highest BCUT2D eigenvalue weighted by Crippen LogP contribution is 2.12. The fraction of sp³-hybridized carbons (Fsp3) is 0.125. The van der Waals surface area contributed by atoms with E-state index in [1.807, 2.05) is 0 Å². The number of benzene rings is 1. The van der Waals surface area contributed by atoms with E-state index >= 15 is 0 Å². The summed E-state index contributed by atoms with van der Waals surface area (Å²) in [6, 6.07) is 5.48. The van der Waals surface area contributed by atoms with Gasteiger partial charge >= 0.3 is 0 Å². The van der Waals surface area contributed by atoms with Crippen LogP contribution < -0.4 is 10.5 Å². The predicted octanol–water partition coefficient (Wildman–Crippen LogP) is 0.511. The second-order valence-corrected chi connectivity index (χ2v) is 4.58. The molecular formula is C8H9ClN2O3S. The Morgan fingerprint density at radius 2 is 1.87 bits per heavy atom. The molecule has 0 saturated heterocycles. The average molecular weight is 249 g/mol. The topological polar surface area (TPSA) is 89.3 Å². The van der Waals surface area contributed by atoms with Crippen molar-refractivity contribution in [3.05, 3.63) is 24.3 Å². The maximum atomic E-state index is 10.9. The molecule has 0 aromatic heterocycles. The van der Waals surface area contributed by atoms with Crippen molar-refractivity contribution in [1.29, 1.82) is 0 Å². The van der Waals surface area contributed by atoms with Gasteiger partial charge in [-0.15, -0.1) is 11.6 Å². The van der Waals surface area contributed by atoms with Crippen LogP contribution in [0.15, 0.2) is 29.2 Å². The van der Waals surface area contributed by atoms with Crippen molar-refractivity contribution in [2.45, 2.75) is 4.90 Å². The summed E-state index contributed by atoms with van der Waals surface area (Å²) in [7, 11) is -3.69. The number of amides is 1. The lowest BCUT2D eigenvalue weighted by Gasteiger charge is -2.03. The van der Waals surface area contributed by atoms with Crippen LogP contribution in [0.1, 0.15) is 0 Å². The number of hydrogen-bond donors (Lipinski definition) is 2. The highest BCUT2D eigenvalue weighted by molar-refractivity contribution is 7.89. The van der Waals surface area contributed by atoms with Gasteiger partial charge in [0.25, 0.3) is 0 Å². The van der Waals surface area contributed by atoms with Crippen LogP contribution in [0, 0.1) is 0 Å². The Kier molecular flexibility index (Phi) is 3.67. The molecule has 1 amide bonds. The largest absolute Gasteiger partial charge is 0.325 e. The van der Waals surface area contributed by atoms with Crippen molar-refractivity contribution < 1.29 is 13.2 Å². The number of alkyl halides is 1. The first-order valence-corrected chi connectivity index (χ1v) is 6.00. The SMILES string of the molecule is NS(=O)(=O)c1ccc(NC(=O)CCl)cc1. The Hall–Kier alpha value is -1.11. The van der Waals surface area contributed by atoms with E-state index in [2.05, 4.69) is 5.32 Å². The van der Waals surface area contributed by atoms with Gasteiger partial charge < -0.3 is 5.32 Å². The van der Waals surface area contributed by atoms with Crippen LogP contribution in [0.2, 0.25) is 0 Å². The van der Waals surface area contributed by atoms with E-state index in [0.29, 0.717) is 5.69 Å². The number of carbonyl (C=O) groups excluding carboxylic acids is 1. The number of carbonyl (C=O) groups is 1. The maximum Gasteiger partial charge on any atom is 0.239 e. The van der Waals surface area contributed by atoms with E-state index in [0.717, 1.165) is 0 Å². The Labute approximate surface area is 92.3 Å². The molecule has 82 valence electrons. The van der Waals surface area contributed by atoms with Gasteiger partial charge in [0.1, 0.15) is 5.88 Å². The van der Waals surface area contributed by atoms with Crippen LogP contribution in [0.3, 0.4) is 0 Å². The number of halogens is 1. The summed E-state index contributed by atoms with van der Waals surface area (Å²) >= 11 is 5.28. The molecule has 0 saturated carbocycles. The second-order valence-electron chi connectivity index (χ2n) is 2.75. The number of nitrogens with one attached hydrogen (secondary N) is 1. The molecule has 0 bridgehead atoms. The van der Waals surface area contributed by atoms with Crippen LogP contribution in [0.4, 0.5) is 5.69 Å². The van der Waals surface area contributed by atoms with E-state index in [9.17, 15) is 13.2 Å². The molecule has 3 N–H and O–H groups in total. The normalized spacial score (nSPS) is 11.1. The first-order valence-electron chi connectivity index (χ1n) is 3.92. The summed E-state index contributed by atoms with van der Waals surface area (Å²) in [5, 5.41) is 7.36. The van der Waals surface area contributed by atoms with Crippen molar-refractivity contribution in [2.24, 2.45) is 5.14 Å². The van der Waals surface area contributed by atoms with E-state index in [-0.39, 0.29) is 16.7 Å². The summed E-state index contributed by atoms with van der Waals surface area (Å²) in [4.78, 5) is 10.9. The fourth-order valence-corrected chi connectivity index (χ4v) is 1.50. The Morgan fingerprint density at radius 3 is 2.27 bits per heavy atom. The molecule has 0 radical (unpaired) electrons. The van der Waals surface area contributed by atoms with Crippen LogP contribution >= 0.6 is 11.6 Å². The zero-order valence-electron chi connectivity index (χ0n) is 7.60. The third-order valence-corrected chi connectivity index (χ3v) is 2.76. The molecular weight excluding hydrogens is 240 g/mol. The van der Waals surface area contributed by atoms with E-state index in [1.54, 1.807) is 0 Å². The summed E-state index contributed by atoms with van der Waals surface area (Å²) in [5.74, 6) is -0.517. The van der Waals surface area contributed by atoms with Gasteiger partial charge in [-0.3, -0.25) is 4.79 Å². The standard InChI is InChI=1S/C8H9ClN2O3S/c9-5-8(12)11-6-1-3-7(4-2-6)15(10,13)14/h1-4H,5H2,(H,11,12)(H2,10,13,14). The quantitative estimate of drug-likeness (QED) is 0.764. The van der Waals surface area contributed by atoms with Gasteiger partial charge in [0.15, 0.2) is 0 Å². The predicted molar refractivity (Wildman–Crippen MR) is 57.2 cm³/mol. The molecule has 1 aromatic rings. The van der Waals surface area contributed by atoms with Gasteiger partial charge in [-0.2, -0.15) is 0 Å². The molecule has 0 spiro atoms. The molecule has 1 rings (SSSR count). The van der Waals surface area contributed by atoms with Gasteiger partial charge in [0.05, 0.1) is 4.90 Å². The molecule has 0 aliphatic carbocycles. The molecule has 0 atom stereocenters. The summed E-state index contributed by atoms with van der Waals surface area (Å²) < 4.78 is 21.8. The number of anilines is 1. The highest BCUT2D eigenvalue weighted by atomic mass is 35.5. The van der Waals surface area contributed by atoms with Crippen LogP contribution in [-0.2, 0) is 14.8 Å². The summed E-state index contributed by atoms with van der Waals surface area (Å²) in [5.41, 5.74) is 0.466. The number of primary sulfonamides is 1. The smallest absolute Gasteiger partial charge is 0.239 e. The minimum Gasteiger partial charge on any atom is -0.325 e. The average Bonchev–Trinajstić information content (AvgIpc) is 2.17. The molecule has 0 fully saturated rings. The molecule has 0 aliphatic rings. The lowest BCUT2D eigenvalue weighted by atomic mass is 10.3. The van der Waals surface area contributed by atoms with Crippen LogP contribution in [0.5, 0.6) is 0 Å². The first-order chi connectivity index (χ1) is 6.93. The molecule has 0 aliphatic heterocycles. The monoisotopic (exact) mass is 248 g/mol. The molecule has 0 unspecified atom stereocenters. The first kappa shape index (κ1) is 12.0. The number of sulfonamides is 1. The van der Waals surface area contributed by atoms with Crippen molar-refractivity contribution in [1.82, 2.24) is 0 Å². The minimum atomic E-state index is -3.69.